The van der Waals surface area contributed by atoms with Gasteiger partial charge < -0.3 is 14.5 Å². The topological polar surface area (TPSA) is 90.4 Å². The zero-order chi connectivity index (χ0) is 13.8. The average molecular weight is 263 g/mol. The molecule has 19 heavy (non-hydrogen) atoms. The second-order valence-electron chi connectivity index (χ2n) is 3.79. The van der Waals surface area contributed by atoms with Crippen molar-refractivity contribution in [1.29, 1.82) is 0 Å². The van der Waals surface area contributed by atoms with Crippen LogP contribution < -0.4 is 10.1 Å². The number of aromatic nitrogens is 1. The minimum atomic E-state index is -0.493. The molecule has 0 fully saturated rings. The maximum absolute atomic E-state index is 10.9. The third-order valence-corrected chi connectivity index (χ3v) is 2.54. The lowest BCUT2D eigenvalue weighted by Gasteiger charge is -2.02. The van der Waals surface area contributed by atoms with E-state index in [4.69, 9.17) is 9.15 Å². The van der Waals surface area contributed by atoms with Gasteiger partial charge in [-0.25, -0.2) is 4.98 Å². The SMILES string of the molecule is CNCc1ncc(-c2ccc(OC)c([N+](=O)[O-])c2)o1. The molecule has 0 aliphatic rings. The molecule has 2 aromatic rings. The van der Waals surface area contributed by atoms with Gasteiger partial charge in [0.2, 0.25) is 5.89 Å². The summed E-state index contributed by atoms with van der Waals surface area (Å²) in [6.07, 6.45) is 1.54. The van der Waals surface area contributed by atoms with E-state index >= 15 is 0 Å². The monoisotopic (exact) mass is 263 g/mol. The molecule has 7 nitrogen and oxygen atoms in total. The quantitative estimate of drug-likeness (QED) is 0.655. The Morgan fingerprint density at radius 1 is 1.53 bits per heavy atom. The zero-order valence-corrected chi connectivity index (χ0v) is 10.5. The summed E-state index contributed by atoms with van der Waals surface area (Å²) in [7, 11) is 3.17. The number of ether oxygens (including phenoxy) is 1. The molecule has 7 heteroatoms. The van der Waals surface area contributed by atoms with Crippen LogP contribution in [0.15, 0.2) is 28.8 Å². The lowest BCUT2D eigenvalue weighted by Crippen LogP contribution is -2.04. The van der Waals surface area contributed by atoms with Crippen LogP contribution in [0.2, 0.25) is 0 Å². The predicted molar refractivity (Wildman–Crippen MR) is 67.9 cm³/mol. The van der Waals surface area contributed by atoms with E-state index in [9.17, 15) is 10.1 Å². The largest absolute Gasteiger partial charge is 0.490 e. The van der Waals surface area contributed by atoms with Crippen LogP contribution in [0, 0.1) is 10.1 Å². The molecule has 0 amide bonds. The Bertz CT molecular complexity index is 594. The van der Waals surface area contributed by atoms with Gasteiger partial charge >= 0.3 is 5.69 Å². The van der Waals surface area contributed by atoms with E-state index in [2.05, 4.69) is 10.3 Å². The second kappa shape index (κ2) is 5.49. The van der Waals surface area contributed by atoms with Gasteiger partial charge in [-0.15, -0.1) is 0 Å². The van der Waals surface area contributed by atoms with E-state index in [1.165, 1.54) is 25.4 Å². The minimum Gasteiger partial charge on any atom is -0.490 e. The highest BCUT2D eigenvalue weighted by Gasteiger charge is 2.17. The summed E-state index contributed by atoms with van der Waals surface area (Å²) in [5.41, 5.74) is 0.480. The standard InChI is InChI=1S/C12H13N3O4/c1-13-7-12-14-6-11(19-12)8-3-4-10(18-2)9(5-8)15(16)17/h3-6,13H,7H2,1-2H3. The molecule has 0 radical (unpaired) electrons. The minimum absolute atomic E-state index is 0.105. The fourth-order valence-electron chi connectivity index (χ4n) is 1.66. The van der Waals surface area contributed by atoms with Crippen LogP contribution in [-0.4, -0.2) is 24.1 Å². The number of oxazole rings is 1. The molecule has 0 saturated carbocycles. The third kappa shape index (κ3) is 2.71. The number of nitrogens with zero attached hydrogens (tertiary/aromatic N) is 2. The summed E-state index contributed by atoms with van der Waals surface area (Å²) in [6.45, 7) is 0.498. The van der Waals surface area contributed by atoms with Crippen molar-refractivity contribution in [2.24, 2.45) is 0 Å². The van der Waals surface area contributed by atoms with Crippen molar-refractivity contribution in [1.82, 2.24) is 10.3 Å². The van der Waals surface area contributed by atoms with Gasteiger partial charge in [-0.05, 0) is 19.2 Å². The number of nitrogens with one attached hydrogen (secondary N) is 1. The summed E-state index contributed by atoms with van der Waals surface area (Å²) < 4.78 is 10.4. The molecule has 0 spiro atoms. The number of hydrogen-bond acceptors (Lipinski definition) is 6. The number of hydrogen-bond donors (Lipinski definition) is 1. The van der Waals surface area contributed by atoms with Crippen molar-refractivity contribution in [3.05, 3.63) is 40.4 Å². The lowest BCUT2D eigenvalue weighted by atomic mass is 10.1. The van der Waals surface area contributed by atoms with Crippen LogP contribution >= 0.6 is 0 Å². The van der Waals surface area contributed by atoms with Crippen LogP contribution in [-0.2, 0) is 6.54 Å². The zero-order valence-electron chi connectivity index (χ0n) is 10.5. The fraction of sp³-hybridized carbons (Fsp3) is 0.250. The van der Waals surface area contributed by atoms with Crippen molar-refractivity contribution in [3.8, 4) is 17.1 Å². The van der Waals surface area contributed by atoms with E-state index in [1.54, 1.807) is 13.1 Å². The second-order valence-corrected chi connectivity index (χ2v) is 3.79. The number of rotatable bonds is 5. The van der Waals surface area contributed by atoms with Gasteiger partial charge in [0.15, 0.2) is 11.5 Å². The molecule has 0 atom stereocenters. The van der Waals surface area contributed by atoms with Crippen molar-refractivity contribution < 1.29 is 14.1 Å². The molecule has 2 rings (SSSR count). The Morgan fingerprint density at radius 3 is 2.95 bits per heavy atom. The first-order valence-electron chi connectivity index (χ1n) is 5.57. The van der Waals surface area contributed by atoms with Crippen molar-refractivity contribution in [2.75, 3.05) is 14.2 Å². The summed E-state index contributed by atoms with van der Waals surface area (Å²) in [6, 6.07) is 4.63. The molecule has 1 heterocycles. The van der Waals surface area contributed by atoms with Gasteiger partial charge in [0.1, 0.15) is 0 Å². The highest BCUT2D eigenvalue weighted by atomic mass is 16.6. The van der Waals surface area contributed by atoms with E-state index < -0.39 is 4.92 Å². The van der Waals surface area contributed by atoms with Crippen LogP contribution in [0.5, 0.6) is 5.75 Å². The van der Waals surface area contributed by atoms with Crippen molar-refractivity contribution >= 4 is 5.69 Å². The van der Waals surface area contributed by atoms with E-state index in [0.717, 1.165) is 0 Å². The van der Waals surface area contributed by atoms with Gasteiger partial charge in [0.25, 0.3) is 0 Å². The molecule has 0 unspecified atom stereocenters. The van der Waals surface area contributed by atoms with Gasteiger partial charge in [0.05, 0.1) is 24.8 Å². The summed E-state index contributed by atoms with van der Waals surface area (Å²) >= 11 is 0. The molecule has 1 aromatic heterocycles. The summed E-state index contributed by atoms with van der Waals surface area (Å²) in [5, 5.41) is 13.9. The Balaban J connectivity index is 2.39. The van der Waals surface area contributed by atoms with Gasteiger partial charge in [-0.3, -0.25) is 10.1 Å². The molecule has 0 saturated heterocycles. The van der Waals surface area contributed by atoms with Crippen LogP contribution in [0.25, 0.3) is 11.3 Å². The Kier molecular flexibility index (Phi) is 3.76. The molecule has 1 N–H and O–H groups in total. The molecule has 0 aliphatic heterocycles. The first-order chi connectivity index (χ1) is 9.15. The van der Waals surface area contributed by atoms with E-state index in [0.29, 0.717) is 23.8 Å². The van der Waals surface area contributed by atoms with Crippen LogP contribution in [0.1, 0.15) is 5.89 Å². The summed E-state index contributed by atoms with van der Waals surface area (Å²) in [5.74, 6) is 1.22. The Morgan fingerprint density at radius 2 is 2.32 bits per heavy atom. The van der Waals surface area contributed by atoms with Crippen LogP contribution in [0.4, 0.5) is 5.69 Å². The highest BCUT2D eigenvalue weighted by molar-refractivity contribution is 5.64. The molecule has 1 aromatic carbocycles. The first-order valence-corrected chi connectivity index (χ1v) is 5.57. The van der Waals surface area contributed by atoms with Crippen LogP contribution in [0.3, 0.4) is 0 Å². The molecular weight excluding hydrogens is 250 g/mol. The number of nitro benzene ring substituents is 1. The maximum atomic E-state index is 10.9. The third-order valence-electron chi connectivity index (χ3n) is 2.54. The summed E-state index contributed by atoms with van der Waals surface area (Å²) in [4.78, 5) is 14.5. The van der Waals surface area contributed by atoms with Gasteiger partial charge in [-0.2, -0.15) is 0 Å². The average Bonchev–Trinajstić information content (AvgIpc) is 2.87. The van der Waals surface area contributed by atoms with Crippen molar-refractivity contribution in [2.45, 2.75) is 6.54 Å². The number of benzene rings is 1. The Hall–Kier alpha value is -2.41. The smallest absolute Gasteiger partial charge is 0.311 e. The van der Waals surface area contributed by atoms with Crippen molar-refractivity contribution in [3.63, 3.8) is 0 Å². The molecule has 100 valence electrons. The predicted octanol–water partition coefficient (Wildman–Crippen LogP) is 1.98. The first kappa shape index (κ1) is 13.0. The maximum Gasteiger partial charge on any atom is 0.311 e. The molecule has 0 aliphatic carbocycles. The fourth-order valence-corrected chi connectivity index (χ4v) is 1.66. The number of nitro groups is 1. The normalized spacial score (nSPS) is 10.4. The van der Waals surface area contributed by atoms with Gasteiger partial charge in [-0.1, -0.05) is 0 Å². The number of methoxy groups -OCH3 is 1. The molecular formula is C12H13N3O4. The lowest BCUT2D eigenvalue weighted by molar-refractivity contribution is -0.385. The highest BCUT2D eigenvalue weighted by Crippen LogP contribution is 2.32. The van der Waals surface area contributed by atoms with E-state index in [-0.39, 0.29) is 11.4 Å². The van der Waals surface area contributed by atoms with Gasteiger partial charge in [0, 0.05) is 11.6 Å². The Labute approximate surface area is 109 Å². The molecule has 0 bridgehead atoms. The van der Waals surface area contributed by atoms with E-state index in [1.807, 2.05) is 0 Å².